The maximum absolute atomic E-state index is 11.8. The van der Waals surface area contributed by atoms with Crippen LogP contribution in [0.15, 0.2) is 21.7 Å². The Morgan fingerprint density at radius 1 is 1.23 bits per heavy atom. The predicted octanol–water partition coefficient (Wildman–Crippen LogP) is 0.728. The molecular formula is C15H21N3O6S2. The highest BCUT2D eigenvalue weighted by molar-refractivity contribution is 7.91. The average molecular weight is 403 g/mol. The quantitative estimate of drug-likeness (QED) is 0.549. The van der Waals surface area contributed by atoms with Gasteiger partial charge in [0.05, 0.1) is 6.42 Å². The second-order valence-electron chi connectivity index (χ2n) is 5.74. The van der Waals surface area contributed by atoms with E-state index < -0.39 is 34.5 Å². The van der Waals surface area contributed by atoms with Gasteiger partial charge < -0.3 is 10.1 Å². The van der Waals surface area contributed by atoms with E-state index in [0.29, 0.717) is 0 Å². The van der Waals surface area contributed by atoms with E-state index in [1.54, 1.807) is 11.4 Å². The van der Waals surface area contributed by atoms with Crippen molar-refractivity contribution < 1.29 is 27.5 Å². The minimum absolute atomic E-state index is 0.0710. The third-order valence-corrected chi connectivity index (χ3v) is 6.55. The second kappa shape index (κ2) is 9.64. The molecule has 3 N–H and O–H groups in total. The number of carbonyl (C=O) groups is 3. The Morgan fingerprint density at radius 3 is 2.62 bits per heavy atom. The molecule has 1 aliphatic carbocycles. The van der Waals surface area contributed by atoms with Crippen molar-refractivity contribution in [3.8, 4) is 0 Å². The lowest BCUT2D eigenvalue weighted by molar-refractivity contribution is -0.148. The van der Waals surface area contributed by atoms with Crippen LogP contribution in [0.4, 0.5) is 4.79 Å². The average Bonchev–Trinajstić information content (AvgIpc) is 3.26. The Kier molecular flexibility index (Phi) is 7.54. The monoisotopic (exact) mass is 403 g/mol. The molecule has 0 bridgehead atoms. The number of hydrogen-bond donors (Lipinski definition) is 3. The highest BCUT2D eigenvalue weighted by atomic mass is 32.2. The number of amides is 3. The molecule has 9 nitrogen and oxygen atoms in total. The minimum Gasteiger partial charge on any atom is -0.456 e. The highest BCUT2D eigenvalue weighted by Gasteiger charge is 2.19. The molecule has 0 aromatic carbocycles. The fourth-order valence-corrected chi connectivity index (χ4v) is 4.52. The molecule has 0 radical (unpaired) electrons. The topological polar surface area (TPSA) is 131 Å². The number of thiophene rings is 1. The maximum atomic E-state index is 11.8. The molecule has 26 heavy (non-hydrogen) atoms. The molecule has 144 valence electrons. The van der Waals surface area contributed by atoms with Gasteiger partial charge in [-0.25, -0.2) is 17.9 Å². The Hall–Kier alpha value is -1.98. The van der Waals surface area contributed by atoms with Crippen LogP contribution in [0.3, 0.4) is 0 Å². The van der Waals surface area contributed by atoms with E-state index in [2.05, 4.69) is 15.4 Å². The number of carbonyl (C=O) groups excluding carboxylic acids is 3. The molecule has 0 spiro atoms. The number of rotatable bonds is 8. The zero-order valence-corrected chi connectivity index (χ0v) is 15.7. The third kappa shape index (κ3) is 6.73. The van der Waals surface area contributed by atoms with Crippen molar-refractivity contribution in [1.29, 1.82) is 0 Å². The molecule has 11 heteroatoms. The molecular weight excluding hydrogens is 382 g/mol. The molecule has 1 aliphatic rings. The van der Waals surface area contributed by atoms with Crippen molar-refractivity contribution in [3.05, 3.63) is 17.5 Å². The molecule has 1 fully saturated rings. The summed E-state index contributed by atoms with van der Waals surface area (Å²) < 4.78 is 30.8. The maximum Gasteiger partial charge on any atom is 0.321 e. The summed E-state index contributed by atoms with van der Waals surface area (Å²) in [6, 6.07) is 2.52. The smallest absolute Gasteiger partial charge is 0.321 e. The van der Waals surface area contributed by atoms with Crippen molar-refractivity contribution in [2.45, 2.75) is 42.4 Å². The molecule has 0 saturated heterocycles. The molecule has 1 heterocycles. The Bertz CT molecular complexity index is 727. The zero-order chi connectivity index (χ0) is 19.0. The van der Waals surface area contributed by atoms with E-state index in [1.807, 2.05) is 0 Å². The minimum atomic E-state index is -3.64. The first-order valence-electron chi connectivity index (χ1n) is 8.16. The fourth-order valence-electron chi connectivity index (χ4n) is 2.45. The van der Waals surface area contributed by atoms with Crippen LogP contribution in [0.2, 0.25) is 0 Å². The van der Waals surface area contributed by atoms with Crippen molar-refractivity contribution in [2.24, 2.45) is 0 Å². The largest absolute Gasteiger partial charge is 0.456 e. The van der Waals surface area contributed by atoms with Crippen molar-refractivity contribution >= 4 is 39.3 Å². The van der Waals surface area contributed by atoms with Gasteiger partial charge in [-0.3, -0.25) is 14.9 Å². The predicted molar refractivity (Wildman–Crippen MR) is 94.0 cm³/mol. The van der Waals surface area contributed by atoms with Crippen LogP contribution in [0.5, 0.6) is 0 Å². The van der Waals surface area contributed by atoms with Gasteiger partial charge in [0.15, 0.2) is 6.61 Å². The van der Waals surface area contributed by atoms with Gasteiger partial charge >= 0.3 is 12.0 Å². The standard InChI is InChI=1S/C15H21N3O6S2/c19-12(18-15(21)17-11-4-1-2-5-11)10-24-13(20)7-8-16-26(22,23)14-6-3-9-25-14/h3,6,9,11,16H,1-2,4-5,7-8,10H2,(H2,17,18,19,21). The SMILES string of the molecule is O=C(COC(=O)CCNS(=O)(=O)c1cccs1)NC(=O)NC1CCCC1. The number of ether oxygens (including phenoxy) is 1. The van der Waals surface area contributed by atoms with E-state index in [1.165, 1.54) is 6.07 Å². The molecule has 0 atom stereocenters. The fraction of sp³-hybridized carbons (Fsp3) is 0.533. The van der Waals surface area contributed by atoms with Gasteiger partial charge in [-0.2, -0.15) is 0 Å². The number of imide groups is 1. The van der Waals surface area contributed by atoms with Gasteiger partial charge in [-0.15, -0.1) is 11.3 Å². The van der Waals surface area contributed by atoms with Gasteiger partial charge in [-0.1, -0.05) is 18.9 Å². The molecule has 1 saturated carbocycles. The normalized spacial score (nSPS) is 14.8. The van der Waals surface area contributed by atoms with Crippen LogP contribution in [0.1, 0.15) is 32.1 Å². The molecule has 0 unspecified atom stereocenters. The van der Waals surface area contributed by atoms with Gasteiger partial charge in [-0.05, 0) is 24.3 Å². The molecule has 3 amide bonds. The van der Waals surface area contributed by atoms with Crippen LogP contribution in [0, 0.1) is 0 Å². The van der Waals surface area contributed by atoms with E-state index >= 15 is 0 Å². The van der Waals surface area contributed by atoms with Crippen LogP contribution >= 0.6 is 11.3 Å². The molecule has 1 aromatic rings. The van der Waals surface area contributed by atoms with Crippen LogP contribution < -0.4 is 15.4 Å². The molecule has 0 aliphatic heterocycles. The lowest BCUT2D eigenvalue weighted by atomic mass is 10.2. The van der Waals surface area contributed by atoms with E-state index in [9.17, 15) is 22.8 Å². The van der Waals surface area contributed by atoms with Crippen molar-refractivity contribution in [2.75, 3.05) is 13.2 Å². The summed E-state index contributed by atoms with van der Waals surface area (Å²) in [6.07, 6.45) is 3.64. The molecule has 1 aromatic heterocycles. The van der Waals surface area contributed by atoms with E-state index in [4.69, 9.17) is 4.74 Å². The van der Waals surface area contributed by atoms with Crippen LogP contribution in [0.25, 0.3) is 0 Å². The van der Waals surface area contributed by atoms with Gasteiger partial charge in [0, 0.05) is 12.6 Å². The van der Waals surface area contributed by atoms with Gasteiger partial charge in [0.25, 0.3) is 5.91 Å². The first-order valence-corrected chi connectivity index (χ1v) is 10.5. The number of sulfonamides is 1. The first kappa shape index (κ1) is 20.3. The van der Waals surface area contributed by atoms with Gasteiger partial charge in [0.2, 0.25) is 10.0 Å². The lowest BCUT2D eigenvalue weighted by Crippen LogP contribution is -2.45. The zero-order valence-electron chi connectivity index (χ0n) is 14.0. The summed E-state index contributed by atoms with van der Waals surface area (Å²) in [5, 5.41) is 6.39. The number of hydrogen-bond acceptors (Lipinski definition) is 7. The summed E-state index contributed by atoms with van der Waals surface area (Å²) in [5.41, 5.74) is 0. The lowest BCUT2D eigenvalue weighted by Gasteiger charge is -2.12. The highest BCUT2D eigenvalue weighted by Crippen LogP contribution is 2.17. The number of nitrogens with one attached hydrogen (secondary N) is 3. The van der Waals surface area contributed by atoms with Crippen LogP contribution in [-0.2, 0) is 24.3 Å². The van der Waals surface area contributed by atoms with E-state index in [0.717, 1.165) is 37.0 Å². The summed E-state index contributed by atoms with van der Waals surface area (Å²) in [7, 11) is -3.64. The Balaban J connectivity index is 1.60. The van der Waals surface area contributed by atoms with Crippen molar-refractivity contribution in [3.63, 3.8) is 0 Å². The number of urea groups is 1. The summed E-state index contributed by atoms with van der Waals surface area (Å²) in [5.74, 6) is -1.49. The first-order chi connectivity index (χ1) is 12.4. The Morgan fingerprint density at radius 2 is 1.96 bits per heavy atom. The Labute approximate surface area is 155 Å². The second-order valence-corrected chi connectivity index (χ2v) is 8.69. The van der Waals surface area contributed by atoms with Crippen molar-refractivity contribution in [1.82, 2.24) is 15.4 Å². The summed E-state index contributed by atoms with van der Waals surface area (Å²) in [4.78, 5) is 34.7. The summed E-state index contributed by atoms with van der Waals surface area (Å²) >= 11 is 1.06. The number of esters is 1. The van der Waals surface area contributed by atoms with Gasteiger partial charge in [0.1, 0.15) is 4.21 Å². The molecule has 2 rings (SSSR count). The van der Waals surface area contributed by atoms with Crippen LogP contribution in [-0.4, -0.2) is 45.5 Å². The summed E-state index contributed by atoms with van der Waals surface area (Å²) in [6.45, 7) is -0.753. The van der Waals surface area contributed by atoms with E-state index in [-0.39, 0.29) is 23.2 Å². The third-order valence-electron chi connectivity index (χ3n) is 3.69.